The van der Waals surface area contributed by atoms with E-state index in [2.05, 4.69) is 83.9 Å². The largest absolute Gasteiger partial charge is 1.00 e. The predicted octanol–water partition coefficient (Wildman–Crippen LogP) is 2.26. The smallest absolute Gasteiger partial charge is 0.253 e. The lowest BCUT2D eigenvalue weighted by Gasteiger charge is -2.37. The monoisotopic (exact) mass is 543 g/mol. The molecule has 0 radical (unpaired) electrons. The number of carbonyl (C=O) groups excluding carboxylic acids is 1. The highest BCUT2D eigenvalue weighted by atomic mass is 79.9. The van der Waals surface area contributed by atoms with Crippen LogP contribution in [0, 0.1) is 19.8 Å². The first-order valence-electron chi connectivity index (χ1n) is 12.5. The summed E-state index contributed by atoms with van der Waals surface area (Å²) in [5.74, 6) is 1.10. The molecule has 0 spiro atoms. The zero-order valence-electron chi connectivity index (χ0n) is 21.0. The van der Waals surface area contributed by atoms with Crippen LogP contribution in [-0.2, 0) is 16.8 Å². The fraction of sp³-hybridized carbons (Fsp3) is 0.290. The van der Waals surface area contributed by atoms with Gasteiger partial charge >= 0.3 is 0 Å². The maximum absolute atomic E-state index is 13.4. The first-order valence-corrected chi connectivity index (χ1v) is 12.5. The Hall–Kier alpha value is -3.18. The van der Waals surface area contributed by atoms with Crippen LogP contribution in [0.5, 0.6) is 0 Å². The average molecular weight is 545 g/mol. The Balaban J connectivity index is 0.00000304. The number of hydrogen-bond donors (Lipinski definition) is 1. The van der Waals surface area contributed by atoms with E-state index in [-0.39, 0.29) is 28.8 Å². The number of imidazole rings is 1. The van der Waals surface area contributed by atoms with E-state index >= 15 is 0 Å². The van der Waals surface area contributed by atoms with Gasteiger partial charge in [0.2, 0.25) is 5.91 Å². The molecule has 1 heterocycles. The van der Waals surface area contributed by atoms with Gasteiger partial charge in [0.15, 0.2) is 0 Å². The number of amides is 1. The molecule has 1 amide bonds. The highest BCUT2D eigenvalue weighted by molar-refractivity contribution is 5.91. The summed E-state index contributed by atoms with van der Waals surface area (Å²) in [6.45, 7) is 5.22. The molecule has 1 aromatic heterocycles. The van der Waals surface area contributed by atoms with Crippen LogP contribution in [0.15, 0.2) is 97.3 Å². The molecule has 5 heteroatoms. The maximum atomic E-state index is 13.4. The van der Waals surface area contributed by atoms with E-state index < -0.39 is 5.41 Å². The fourth-order valence-electron chi connectivity index (χ4n) is 6.17. The number of halogens is 1. The maximum Gasteiger partial charge on any atom is 0.253 e. The van der Waals surface area contributed by atoms with Crippen molar-refractivity contribution in [2.24, 2.45) is 11.7 Å². The summed E-state index contributed by atoms with van der Waals surface area (Å²) in [7, 11) is 0. The van der Waals surface area contributed by atoms with Crippen molar-refractivity contribution in [1.82, 2.24) is 4.57 Å². The van der Waals surface area contributed by atoms with Gasteiger partial charge in [-0.25, -0.2) is 9.13 Å². The molecule has 0 saturated heterocycles. The van der Waals surface area contributed by atoms with E-state index in [1.165, 1.54) is 17.0 Å². The van der Waals surface area contributed by atoms with Crippen molar-refractivity contribution < 1.29 is 26.3 Å². The van der Waals surface area contributed by atoms with E-state index in [9.17, 15) is 4.79 Å². The van der Waals surface area contributed by atoms with Gasteiger partial charge in [0, 0.05) is 6.92 Å². The lowest BCUT2D eigenvalue weighted by molar-refractivity contribution is -0.694. The van der Waals surface area contributed by atoms with Crippen LogP contribution in [0.4, 0.5) is 0 Å². The Morgan fingerprint density at radius 1 is 0.917 bits per heavy atom. The van der Waals surface area contributed by atoms with Crippen molar-refractivity contribution in [1.29, 1.82) is 0 Å². The molecule has 1 fully saturated rings. The molecule has 5 rings (SSSR count). The third-order valence-electron chi connectivity index (χ3n) is 8.06. The van der Waals surface area contributed by atoms with Gasteiger partial charge in [-0.05, 0) is 54.4 Å². The van der Waals surface area contributed by atoms with Crippen molar-refractivity contribution >= 4 is 5.91 Å². The number of nitrogens with two attached hydrogens (primary N) is 1. The quantitative estimate of drug-likeness (QED) is 0.357. The van der Waals surface area contributed by atoms with Gasteiger partial charge in [0.05, 0.1) is 0 Å². The van der Waals surface area contributed by atoms with Crippen molar-refractivity contribution in [3.63, 3.8) is 0 Å². The van der Waals surface area contributed by atoms with Crippen LogP contribution < -0.4 is 27.3 Å². The second kappa shape index (κ2) is 10.8. The Morgan fingerprint density at radius 3 is 2.08 bits per heavy atom. The summed E-state index contributed by atoms with van der Waals surface area (Å²) in [6.07, 6.45) is 7.28. The first-order chi connectivity index (χ1) is 17.0. The molecule has 1 aliphatic carbocycles. The number of aromatic nitrogens is 2. The normalized spacial score (nSPS) is 17.5. The van der Waals surface area contributed by atoms with Crippen LogP contribution in [0.1, 0.15) is 53.4 Å². The summed E-state index contributed by atoms with van der Waals surface area (Å²) in [5, 5.41) is 0. The molecule has 1 saturated carbocycles. The lowest BCUT2D eigenvalue weighted by Crippen LogP contribution is -3.00. The summed E-state index contributed by atoms with van der Waals surface area (Å²) in [5.41, 5.74) is 10.1. The number of hydrogen-bond acceptors (Lipinski definition) is 1. The minimum atomic E-state index is -0.838. The van der Waals surface area contributed by atoms with E-state index in [1.54, 1.807) is 0 Å². The Bertz CT molecular complexity index is 1280. The molecule has 186 valence electrons. The SMILES string of the molecule is Cc1ccccc1C[n+]1ccn([C@@H]2CC[C@H](C(C(N)=O)(c3ccccc3)c3ccccc3)C2)c1C.[Br-]. The van der Waals surface area contributed by atoms with Crippen LogP contribution in [0.2, 0.25) is 0 Å². The standard InChI is InChI=1S/C31H33N3O.BrH/c1-23-11-9-10-12-25(23)22-33-19-20-34(24(33)2)29-18-17-28(21-29)31(30(32)35,26-13-5-3-6-14-26)27-15-7-4-8-16-27;/h3-16,19-20,28-29H,17-18,21-22H2,1-2H3,(H-,32,35);1H/t28-,29+;/m0./s1. The highest BCUT2D eigenvalue weighted by Gasteiger charge is 2.51. The van der Waals surface area contributed by atoms with Crippen LogP contribution in [-0.4, -0.2) is 10.5 Å². The third-order valence-corrected chi connectivity index (χ3v) is 8.06. The molecule has 0 bridgehead atoms. The van der Waals surface area contributed by atoms with Crippen molar-refractivity contribution in [2.75, 3.05) is 0 Å². The molecule has 0 unspecified atom stereocenters. The van der Waals surface area contributed by atoms with Crippen molar-refractivity contribution in [2.45, 2.75) is 51.1 Å². The van der Waals surface area contributed by atoms with Gasteiger partial charge in [-0.3, -0.25) is 4.79 Å². The Kier molecular flexibility index (Phi) is 7.79. The lowest BCUT2D eigenvalue weighted by atomic mass is 9.64. The topological polar surface area (TPSA) is 51.9 Å². The van der Waals surface area contributed by atoms with Crippen LogP contribution in [0.3, 0.4) is 0 Å². The molecule has 2 N–H and O–H groups in total. The summed E-state index contributed by atoms with van der Waals surface area (Å²) >= 11 is 0. The highest BCUT2D eigenvalue weighted by Crippen LogP contribution is 2.49. The molecule has 0 aliphatic heterocycles. The van der Waals surface area contributed by atoms with Gasteiger partial charge in [-0.15, -0.1) is 0 Å². The second-order valence-corrected chi connectivity index (χ2v) is 9.88. The molecule has 2 atom stereocenters. The molecule has 1 aliphatic rings. The Labute approximate surface area is 224 Å². The van der Waals surface area contributed by atoms with E-state index in [1.807, 2.05) is 36.4 Å². The summed E-state index contributed by atoms with van der Waals surface area (Å²) in [6, 6.07) is 29.1. The molecule has 3 aromatic carbocycles. The van der Waals surface area contributed by atoms with E-state index in [0.29, 0.717) is 6.04 Å². The van der Waals surface area contributed by atoms with Crippen molar-refractivity contribution in [3.05, 3.63) is 125 Å². The first kappa shape index (κ1) is 25.9. The average Bonchev–Trinajstić information content (AvgIpc) is 3.49. The van der Waals surface area contributed by atoms with Crippen LogP contribution in [0.25, 0.3) is 0 Å². The number of rotatable bonds is 7. The van der Waals surface area contributed by atoms with E-state index in [4.69, 9.17) is 5.73 Å². The van der Waals surface area contributed by atoms with Gasteiger partial charge in [-0.1, -0.05) is 84.9 Å². The minimum Gasteiger partial charge on any atom is -1.00 e. The van der Waals surface area contributed by atoms with E-state index in [0.717, 1.165) is 36.9 Å². The Morgan fingerprint density at radius 2 is 1.50 bits per heavy atom. The van der Waals surface area contributed by atoms with Gasteiger partial charge in [-0.2, -0.15) is 0 Å². The molecule has 36 heavy (non-hydrogen) atoms. The van der Waals surface area contributed by atoms with Gasteiger partial charge in [0.1, 0.15) is 30.4 Å². The number of carbonyl (C=O) groups is 1. The fourth-order valence-corrected chi connectivity index (χ4v) is 6.17. The number of primary amides is 1. The molecular formula is C31H34BrN3O. The predicted molar refractivity (Wildman–Crippen MR) is 139 cm³/mol. The molecule has 4 aromatic rings. The summed E-state index contributed by atoms with van der Waals surface area (Å²) in [4.78, 5) is 13.4. The zero-order chi connectivity index (χ0) is 24.4. The number of nitrogens with zero attached hydrogens (tertiary/aromatic N) is 2. The molecule has 4 nitrogen and oxygen atoms in total. The zero-order valence-corrected chi connectivity index (χ0v) is 22.6. The number of aryl methyl sites for hydroxylation is 1. The van der Waals surface area contributed by atoms with Gasteiger partial charge < -0.3 is 22.7 Å². The minimum absolute atomic E-state index is 0. The van der Waals surface area contributed by atoms with Crippen molar-refractivity contribution in [3.8, 4) is 0 Å². The summed E-state index contributed by atoms with van der Waals surface area (Å²) < 4.78 is 4.73. The molecular weight excluding hydrogens is 510 g/mol. The second-order valence-electron chi connectivity index (χ2n) is 9.88. The van der Waals surface area contributed by atoms with Crippen LogP contribution >= 0.6 is 0 Å². The number of benzene rings is 3. The van der Waals surface area contributed by atoms with Gasteiger partial charge in [0.25, 0.3) is 5.82 Å². The third kappa shape index (κ3) is 4.53.